The Morgan fingerprint density at radius 3 is 2.39 bits per heavy atom. The van der Waals surface area contributed by atoms with Crippen LogP contribution in [0.3, 0.4) is 0 Å². The molecule has 1 amide bonds. The molecule has 2 aliphatic rings. The monoisotopic (exact) mass is 315 g/mol. The molecule has 0 radical (unpaired) electrons. The van der Waals surface area contributed by atoms with Crippen LogP contribution < -0.4 is 4.74 Å². The second-order valence-electron chi connectivity index (χ2n) is 7.65. The van der Waals surface area contributed by atoms with Crippen LogP contribution in [0.25, 0.3) is 0 Å². The van der Waals surface area contributed by atoms with Gasteiger partial charge < -0.3 is 9.64 Å². The van der Waals surface area contributed by atoms with Crippen molar-refractivity contribution in [2.45, 2.75) is 58.4 Å². The highest BCUT2D eigenvalue weighted by Crippen LogP contribution is 2.39. The number of hydrogen-bond acceptors (Lipinski definition) is 2. The van der Waals surface area contributed by atoms with Crippen molar-refractivity contribution in [2.24, 2.45) is 11.3 Å². The molecule has 23 heavy (non-hydrogen) atoms. The van der Waals surface area contributed by atoms with E-state index in [1.807, 2.05) is 30.3 Å². The van der Waals surface area contributed by atoms with Gasteiger partial charge in [0.25, 0.3) is 0 Å². The van der Waals surface area contributed by atoms with Gasteiger partial charge in [-0.05, 0) is 25.0 Å². The second-order valence-corrected chi connectivity index (χ2v) is 7.65. The molecule has 0 aromatic heterocycles. The summed E-state index contributed by atoms with van der Waals surface area (Å²) in [4.78, 5) is 15.1. The molecule has 0 N–H and O–H groups in total. The van der Waals surface area contributed by atoms with Crippen LogP contribution in [0.5, 0.6) is 5.75 Å². The summed E-state index contributed by atoms with van der Waals surface area (Å²) in [6, 6.07) is 10.4. The van der Waals surface area contributed by atoms with Gasteiger partial charge in [-0.3, -0.25) is 4.79 Å². The largest absolute Gasteiger partial charge is 0.493 e. The molecule has 126 valence electrons. The molecule has 2 fully saturated rings. The van der Waals surface area contributed by atoms with Crippen molar-refractivity contribution >= 4 is 5.91 Å². The van der Waals surface area contributed by atoms with E-state index in [2.05, 4.69) is 18.7 Å². The lowest BCUT2D eigenvalue weighted by Crippen LogP contribution is -2.39. The normalized spacial score (nSPS) is 25.4. The van der Waals surface area contributed by atoms with Crippen molar-refractivity contribution < 1.29 is 9.53 Å². The number of nitrogens with zero attached hydrogens (tertiary/aromatic N) is 1. The molecule has 0 unspecified atom stereocenters. The molecule has 0 spiro atoms. The number of rotatable bonds is 4. The highest BCUT2D eigenvalue weighted by Gasteiger charge is 2.49. The molecule has 1 aliphatic heterocycles. The Balaban J connectivity index is 1.65. The lowest BCUT2D eigenvalue weighted by Gasteiger charge is -2.28. The fraction of sp³-hybridized carbons (Fsp3) is 0.650. The van der Waals surface area contributed by atoms with Gasteiger partial charge in [0.15, 0.2) is 0 Å². The first kappa shape index (κ1) is 16.4. The Hall–Kier alpha value is -1.51. The van der Waals surface area contributed by atoms with Gasteiger partial charge in [0, 0.05) is 18.5 Å². The van der Waals surface area contributed by atoms with E-state index >= 15 is 0 Å². The zero-order valence-electron chi connectivity index (χ0n) is 14.5. The fourth-order valence-electron chi connectivity index (χ4n) is 3.95. The highest BCUT2D eigenvalue weighted by atomic mass is 16.5. The number of carbonyl (C=O) groups excluding carboxylic acids is 1. The summed E-state index contributed by atoms with van der Waals surface area (Å²) in [7, 11) is 0. The van der Waals surface area contributed by atoms with Gasteiger partial charge in [-0.1, -0.05) is 57.7 Å². The van der Waals surface area contributed by atoms with Crippen molar-refractivity contribution in [3.63, 3.8) is 0 Å². The lowest BCUT2D eigenvalue weighted by molar-refractivity contribution is -0.137. The van der Waals surface area contributed by atoms with E-state index in [0.717, 1.165) is 12.3 Å². The Labute approximate surface area is 140 Å². The van der Waals surface area contributed by atoms with Crippen LogP contribution in [0, 0.1) is 11.3 Å². The van der Waals surface area contributed by atoms with Gasteiger partial charge in [-0.25, -0.2) is 0 Å². The van der Waals surface area contributed by atoms with Gasteiger partial charge in [0.1, 0.15) is 5.75 Å². The van der Waals surface area contributed by atoms with Crippen LogP contribution in [0.15, 0.2) is 30.3 Å². The third kappa shape index (κ3) is 3.54. The minimum atomic E-state index is -0.318. The van der Waals surface area contributed by atoms with E-state index in [1.54, 1.807) is 0 Å². The Bertz CT molecular complexity index is 518. The number of benzene rings is 1. The van der Waals surface area contributed by atoms with Gasteiger partial charge in [0.05, 0.1) is 12.0 Å². The fourth-order valence-corrected chi connectivity index (χ4v) is 3.95. The van der Waals surface area contributed by atoms with Gasteiger partial charge in [0.2, 0.25) is 5.91 Å². The summed E-state index contributed by atoms with van der Waals surface area (Å²) in [6.07, 6.45) is 7.52. The van der Waals surface area contributed by atoms with Gasteiger partial charge in [-0.15, -0.1) is 0 Å². The predicted molar refractivity (Wildman–Crippen MR) is 92.4 cm³/mol. The SMILES string of the molecule is CC1(C)C(=O)N(C2CCCCCC2)C[C@H]1COc1ccccc1. The zero-order chi connectivity index (χ0) is 16.3. The van der Waals surface area contributed by atoms with Gasteiger partial charge >= 0.3 is 0 Å². The number of hydrogen-bond donors (Lipinski definition) is 0. The van der Waals surface area contributed by atoms with Crippen LogP contribution in [-0.2, 0) is 4.79 Å². The number of likely N-dealkylation sites (tertiary alicyclic amines) is 1. The van der Waals surface area contributed by atoms with Crippen molar-refractivity contribution in [3.8, 4) is 5.75 Å². The van der Waals surface area contributed by atoms with E-state index in [9.17, 15) is 4.79 Å². The van der Waals surface area contributed by atoms with E-state index in [-0.39, 0.29) is 11.3 Å². The molecular weight excluding hydrogens is 286 g/mol. The summed E-state index contributed by atoms with van der Waals surface area (Å²) in [6.45, 7) is 5.64. The Kier molecular flexibility index (Phi) is 4.93. The summed E-state index contributed by atoms with van der Waals surface area (Å²) in [5.41, 5.74) is -0.318. The third-order valence-corrected chi connectivity index (χ3v) is 5.71. The smallest absolute Gasteiger partial charge is 0.228 e. The summed E-state index contributed by atoms with van der Waals surface area (Å²) >= 11 is 0. The molecule has 3 nitrogen and oxygen atoms in total. The summed E-state index contributed by atoms with van der Waals surface area (Å²) in [5, 5.41) is 0. The number of ether oxygens (including phenoxy) is 1. The lowest BCUT2D eigenvalue weighted by atomic mass is 9.82. The minimum Gasteiger partial charge on any atom is -0.493 e. The van der Waals surface area contributed by atoms with E-state index < -0.39 is 0 Å². The van der Waals surface area contributed by atoms with Crippen LogP contribution in [-0.4, -0.2) is 30.0 Å². The molecular formula is C20H29NO2. The molecule has 1 saturated carbocycles. The molecule has 1 aromatic carbocycles. The third-order valence-electron chi connectivity index (χ3n) is 5.71. The standard InChI is InChI=1S/C20H29NO2/c1-20(2)16(15-23-18-12-8-5-9-13-18)14-21(19(20)22)17-10-6-3-4-7-11-17/h5,8-9,12-13,16-17H,3-4,6-7,10-11,14-15H2,1-2H3/t16-/m0/s1. The first-order valence-corrected chi connectivity index (χ1v) is 9.08. The van der Waals surface area contributed by atoms with E-state index in [1.165, 1.54) is 38.5 Å². The van der Waals surface area contributed by atoms with Crippen LogP contribution in [0.1, 0.15) is 52.4 Å². The molecule has 1 saturated heterocycles. The maximum Gasteiger partial charge on any atom is 0.228 e. The summed E-state index contributed by atoms with van der Waals surface area (Å²) < 4.78 is 5.96. The quantitative estimate of drug-likeness (QED) is 0.776. The molecule has 3 heteroatoms. The zero-order valence-corrected chi connectivity index (χ0v) is 14.5. The molecule has 1 atom stereocenters. The van der Waals surface area contributed by atoms with Crippen molar-refractivity contribution in [2.75, 3.05) is 13.2 Å². The maximum absolute atomic E-state index is 12.9. The van der Waals surface area contributed by atoms with Crippen molar-refractivity contribution in [3.05, 3.63) is 30.3 Å². The van der Waals surface area contributed by atoms with Crippen LogP contribution >= 0.6 is 0 Å². The first-order chi connectivity index (χ1) is 11.1. The molecule has 1 aliphatic carbocycles. The Morgan fingerprint density at radius 2 is 1.74 bits per heavy atom. The molecule has 1 aromatic rings. The number of carbonyl (C=O) groups is 1. The molecule has 3 rings (SSSR count). The van der Waals surface area contributed by atoms with Gasteiger partial charge in [-0.2, -0.15) is 0 Å². The summed E-state index contributed by atoms with van der Waals surface area (Å²) in [5.74, 6) is 1.48. The van der Waals surface area contributed by atoms with Crippen LogP contribution in [0.4, 0.5) is 0 Å². The molecule has 1 heterocycles. The molecule has 0 bridgehead atoms. The van der Waals surface area contributed by atoms with E-state index in [0.29, 0.717) is 18.6 Å². The average Bonchev–Trinajstić information content (AvgIpc) is 2.76. The number of para-hydroxylation sites is 1. The number of amides is 1. The van der Waals surface area contributed by atoms with Crippen molar-refractivity contribution in [1.82, 2.24) is 4.90 Å². The van der Waals surface area contributed by atoms with Crippen LogP contribution in [0.2, 0.25) is 0 Å². The average molecular weight is 315 g/mol. The highest BCUT2D eigenvalue weighted by molar-refractivity contribution is 5.85. The predicted octanol–water partition coefficient (Wildman–Crippen LogP) is 4.27. The van der Waals surface area contributed by atoms with E-state index in [4.69, 9.17) is 4.74 Å². The maximum atomic E-state index is 12.9. The minimum absolute atomic E-state index is 0.262. The first-order valence-electron chi connectivity index (χ1n) is 9.08. The second kappa shape index (κ2) is 6.94. The topological polar surface area (TPSA) is 29.5 Å². The Morgan fingerprint density at radius 1 is 1.09 bits per heavy atom. The van der Waals surface area contributed by atoms with Crippen molar-refractivity contribution in [1.29, 1.82) is 0 Å².